The highest BCUT2D eigenvalue weighted by Crippen LogP contribution is 2.29. The molecule has 0 radical (unpaired) electrons. The maximum Gasteiger partial charge on any atom is 0.259 e. The van der Waals surface area contributed by atoms with Crippen molar-refractivity contribution in [3.63, 3.8) is 0 Å². The summed E-state index contributed by atoms with van der Waals surface area (Å²) in [6.45, 7) is 1.72. The van der Waals surface area contributed by atoms with Gasteiger partial charge >= 0.3 is 0 Å². The van der Waals surface area contributed by atoms with E-state index in [4.69, 9.17) is 21.2 Å². The van der Waals surface area contributed by atoms with Crippen LogP contribution in [-0.4, -0.2) is 15.2 Å². The monoisotopic (exact) mass is 210 g/mol. The van der Waals surface area contributed by atoms with Crippen molar-refractivity contribution in [3.05, 3.63) is 29.0 Å². The third-order valence-electron chi connectivity index (χ3n) is 1.71. The topological polar surface area (TPSA) is 59.2 Å². The minimum absolute atomic E-state index is 0.106. The van der Waals surface area contributed by atoms with E-state index in [0.29, 0.717) is 22.3 Å². The van der Waals surface area contributed by atoms with Gasteiger partial charge in [0.1, 0.15) is 5.75 Å². The number of hydrogen-bond donors (Lipinski definition) is 1. The standard InChI is InChI=1S/C9H7ClN2O2/c1-5-11-9(14-12-5)7-3-2-6(13)4-8(7)10/h2-4,13H,1H3. The molecule has 0 amide bonds. The van der Waals surface area contributed by atoms with Gasteiger partial charge in [-0.3, -0.25) is 0 Å². The molecule has 1 aromatic heterocycles. The zero-order valence-electron chi connectivity index (χ0n) is 7.36. The Morgan fingerprint density at radius 1 is 1.43 bits per heavy atom. The van der Waals surface area contributed by atoms with Crippen LogP contribution >= 0.6 is 11.6 Å². The Balaban J connectivity index is 2.52. The largest absolute Gasteiger partial charge is 0.508 e. The van der Waals surface area contributed by atoms with E-state index in [1.165, 1.54) is 12.1 Å². The lowest BCUT2D eigenvalue weighted by Gasteiger charge is -1.98. The normalized spacial score (nSPS) is 10.4. The van der Waals surface area contributed by atoms with E-state index in [9.17, 15) is 0 Å². The molecule has 0 saturated carbocycles. The van der Waals surface area contributed by atoms with Crippen LogP contribution in [0.3, 0.4) is 0 Å². The van der Waals surface area contributed by atoms with E-state index in [1.807, 2.05) is 0 Å². The molecule has 1 aromatic carbocycles. The van der Waals surface area contributed by atoms with Gasteiger partial charge in [-0.1, -0.05) is 16.8 Å². The Bertz CT molecular complexity index is 468. The molecule has 1 heterocycles. The van der Waals surface area contributed by atoms with Crippen LogP contribution in [0.15, 0.2) is 22.7 Å². The van der Waals surface area contributed by atoms with Gasteiger partial charge in [0.25, 0.3) is 5.89 Å². The van der Waals surface area contributed by atoms with Crippen molar-refractivity contribution < 1.29 is 9.63 Å². The average molecular weight is 211 g/mol. The van der Waals surface area contributed by atoms with Crippen LogP contribution in [0.5, 0.6) is 5.75 Å². The Hall–Kier alpha value is -1.55. The number of nitrogens with zero attached hydrogens (tertiary/aromatic N) is 2. The first kappa shape index (κ1) is 9.02. The minimum atomic E-state index is 0.106. The van der Waals surface area contributed by atoms with E-state index in [1.54, 1.807) is 13.0 Å². The zero-order valence-corrected chi connectivity index (χ0v) is 8.12. The Morgan fingerprint density at radius 2 is 2.21 bits per heavy atom. The summed E-state index contributed by atoms with van der Waals surface area (Å²) in [5.41, 5.74) is 0.616. The summed E-state index contributed by atoms with van der Waals surface area (Å²) in [5, 5.41) is 13.2. The van der Waals surface area contributed by atoms with Gasteiger partial charge in [0, 0.05) is 0 Å². The highest BCUT2D eigenvalue weighted by molar-refractivity contribution is 6.33. The van der Waals surface area contributed by atoms with Gasteiger partial charge in [0.15, 0.2) is 5.82 Å². The third kappa shape index (κ3) is 1.56. The second kappa shape index (κ2) is 3.31. The molecule has 0 atom stereocenters. The summed E-state index contributed by atoms with van der Waals surface area (Å²) in [4.78, 5) is 4.03. The first-order valence-electron chi connectivity index (χ1n) is 3.96. The van der Waals surface area contributed by atoms with Crippen LogP contribution in [0.4, 0.5) is 0 Å². The summed E-state index contributed by atoms with van der Waals surface area (Å²) in [6.07, 6.45) is 0. The van der Waals surface area contributed by atoms with Gasteiger partial charge in [0.2, 0.25) is 0 Å². The highest BCUT2D eigenvalue weighted by Gasteiger charge is 2.10. The smallest absolute Gasteiger partial charge is 0.259 e. The summed E-state index contributed by atoms with van der Waals surface area (Å²) in [7, 11) is 0. The van der Waals surface area contributed by atoms with Crippen molar-refractivity contribution in [1.82, 2.24) is 10.1 Å². The molecule has 0 fully saturated rings. The lowest BCUT2D eigenvalue weighted by Crippen LogP contribution is -1.79. The molecule has 2 rings (SSSR count). The summed E-state index contributed by atoms with van der Waals surface area (Å²) < 4.78 is 4.94. The van der Waals surface area contributed by atoms with Crippen LogP contribution < -0.4 is 0 Å². The van der Waals surface area contributed by atoms with Crippen LogP contribution in [0.2, 0.25) is 5.02 Å². The van der Waals surface area contributed by atoms with Crippen molar-refractivity contribution in [2.45, 2.75) is 6.92 Å². The van der Waals surface area contributed by atoms with Gasteiger partial charge in [-0.2, -0.15) is 4.98 Å². The number of halogens is 1. The average Bonchev–Trinajstić information content (AvgIpc) is 2.51. The first-order valence-corrected chi connectivity index (χ1v) is 4.34. The molecule has 2 aromatic rings. The van der Waals surface area contributed by atoms with Crippen molar-refractivity contribution in [2.24, 2.45) is 0 Å². The zero-order chi connectivity index (χ0) is 10.1. The van der Waals surface area contributed by atoms with E-state index < -0.39 is 0 Å². The fourth-order valence-electron chi connectivity index (χ4n) is 1.08. The number of hydrogen-bond acceptors (Lipinski definition) is 4. The maximum atomic E-state index is 9.14. The lowest BCUT2D eigenvalue weighted by molar-refractivity contribution is 0.425. The second-order valence-corrected chi connectivity index (χ2v) is 3.22. The molecule has 0 aliphatic rings. The first-order chi connectivity index (χ1) is 6.66. The Kier molecular flexibility index (Phi) is 2.13. The molecule has 0 spiro atoms. The van der Waals surface area contributed by atoms with E-state index in [-0.39, 0.29) is 5.75 Å². The van der Waals surface area contributed by atoms with Crippen molar-refractivity contribution in [2.75, 3.05) is 0 Å². The predicted molar refractivity (Wildman–Crippen MR) is 51.1 cm³/mol. The predicted octanol–water partition coefficient (Wildman–Crippen LogP) is 2.40. The fraction of sp³-hybridized carbons (Fsp3) is 0.111. The SMILES string of the molecule is Cc1noc(-c2ccc(O)cc2Cl)n1. The molecule has 72 valence electrons. The molecule has 0 unspecified atom stereocenters. The number of aromatic hydroxyl groups is 1. The molecule has 5 heteroatoms. The quantitative estimate of drug-likeness (QED) is 0.785. The number of aryl methyl sites for hydroxylation is 1. The van der Waals surface area contributed by atoms with Gasteiger partial charge in [0.05, 0.1) is 10.6 Å². The van der Waals surface area contributed by atoms with Gasteiger partial charge < -0.3 is 9.63 Å². The van der Waals surface area contributed by atoms with Gasteiger partial charge in [-0.05, 0) is 25.1 Å². The minimum Gasteiger partial charge on any atom is -0.508 e. The lowest BCUT2D eigenvalue weighted by atomic mass is 10.2. The molecule has 0 bridgehead atoms. The highest BCUT2D eigenvalue weighted by atomic mass is 35.5. The third-order valence-corrected chi connectivity index (χ3v) is 2.02. The molecule has 14 heavy (non-hydrogen) atoms. The van der Waals surface area contributed by atoms with Crippen LogP contribution in [-0.2, 0) is 0 Å². The van der Waals surface area contributed by atoms with Crippen LogP contribution in [0, 0.1) is 6.92 Å². The Labute approximate surface area is 85.1 Å². The molecule has 0 aliphatic heterocycles. The van der Waals surface area contributed by atoms with E-state index in [2.05, 4.69) is 10.1 Å². The summed E-state index contributed by atoms with van der Waals surface area (Å²) in [5.74, 6) is 1.01. The number of benzene rings is 1. The fourth-order valence-corrected chi connectivity index (χ4v) is 1.34. The van der Waals surface area contributed by atoms with Crippen LogP contribution in [0.25, 0.3) is 11.5 Å². The molecule has 1 N–H and O–H groups in total. The Morgan fingerprint density at radius 3 is 2.79 bits per heavy atom. The summed E-state index contributed by atoms with van der Waals surface area (Å²) in [6, 6.07) is 4.57. The molecule has 4 nitrogen and oxygen atoms in total. The van der Waals surface area contributed by atoms with Crippen molar-refractivity contribution in [1.29, 1.82) is 0 Å². The molecular formula is C9H7ClN2O2. The second-order valence-electron chi connectivity index (χ2n) is 2.81. The maximum absolute atomic E-state index is 9.14. The van der Waals surface area contributed by atoms with Gasteiger partial charge in [-0.25, -0.2) is 0 Å². The number of phenolic OH excluding ortho intramolecular Hbond substituents is 1. The molecular weight excluding hydrogens is 204 g/mol. The van der Waals surface area contributed by atoms with E-state index >= 15 is 0 Å². The van der Waals surface area contributed by atoms with E-state index in [0.717, 1.165) is 0 Å². The number of phenols is 1. The molecule has 0 aliphatic carbocycles. The number of aromatic nitrogens is 2. The number of rotatable bonds is 1. The van der Waals surface area contributed by atoms with Crippen LogP contribution in [0.1, 0.15) is 5.82 Å². The van der Waals surface area contributed by atoms with Gasteiger partial charge in [-0.15, -0.1) is 0 Å². The summed E-state index contributed by atoms with van der Waals surface area (Å²) >= 11 is 5.89. The van der Waals surface area contributed by atoms with Crippen molar-refractivity contribution in [3.8, 4) is 17.2 Å². The van der Waals surface area contributed by atoms with Crippen molar-refractivity contribution >= 4 is 11.6 Å². The molecule has 0 saturated heterocycles.